The van der Waals surface area contributed by atoms with Crippen molar-refractivity contribution in [3.05, 3.63) is 33.3 Å². The summed E-state index contributed by atoms with van der Waals surface area (Å²) in [6.07, 6.45) is 2.12. The number of carbonyl (C=O) groups excluding carboxylic acids is 1. The van der Waals surface area contributed by atoms with E-state index in [2.05, 4.69) is 15.9 Å². The standard InChI is InChI=1S/C14H18BrClN2O.ClH/c1-9(17)11-3-2-6-18(8-11)14(19)10-4-5-12(15)13(16)7-10;/h4-5,7,9,11H,2-3,6,8,17H2,1H3;1H. The van der Waals surface area contributed by atoms with Crippen molar-refractivity contribution in [2.24, 2.45) is 11.7 Å². The summed E-state index contributed by atoms with van der Waals surface area (Å²) >= 11 is 9.37. The molecular weight excluding hydrogens is 363 g/mol. The van der Waals surface area contributed by atoms with Gasteiger partial charge in [0, 0.05) is 29.2 Å². The fourth-order valence-corrected chi connectivity index (χ4v) is 2.86. The second-order valence-corrected chi connectivity index (χ2v) is 6.40. The van der Waals surface area contributed by atoms with E-state index in [1.54, 1.807) is 12.1 Å². The molecule has 6 heteroatoms. The number of likely N-dealkylation sites (tertiary alicyclic amines) is 1. The van der Waals surface area contributed by atoms with E-state index in [0.29, 0.717) is 16.5 Å². The van der Waals surface area contributed by atoms with Crippen LogP contribution in [0, 0.1) is 5.92 Å². The van der Waals surface area contributed by atoms with E-state index in [1.807, 2.05) is 17.9 Å². The van der Waals surface area contributed by atoms with E-state index < -0.39 is 0 Å². The van der Waals surface area contributed by atoms with Gasteiger partial charge in [0.1, 0.15) is 0 Å². The minimum absolute atomic E-state index is 0. The van der Waals surface area contributed by atoms with E-state index in [0.717, 1.165) is 30.4 Å². The molecule has 1 aliphatic rings. The summed E-state index contributed by atoms with van der Waals surface area (Å²) in [6, 6.07) is 5.45. The fourth-order valence-electron chi connectivity index (χ4n) is 2.44. The van der Waals surface area contributed by atoms with Crippen molar-refractivity contribution >= 4 is 45.8 Å². The summed E-state index contributed by atoms with van der Waals surface area (Å²) in [7, 11) is 0. The smallest absolute Gasteiger partial charge is 0.253 e. The molecule has 2 unspecified atom stereocenters. The third-order valence-electron chi connectivity index (χ3n) is 3.66. The molecule has 1 amide bonds. The lowest BCUT2D eigenvalue weighted by Crippen LogP contribution is -2.45. The number of hydrogen-bond acceptors (Lipinski definition) is 2. The number of nitrogens with zero attached hydrogens (tertiary/aromatic N) is 1. The van der Waals surface area contributed by atoms with Crippen molar-refractivity contribution in [2.75, 3.05) is 13.1 Å². The van der Waals surface area contributed by atoms with Crippen LogP contribution in [-0.4, -0.2) is 29.9 Å². The van der Waals surface area contributed by atoms with E-state index in [1.165, 1.54) is 0 Å². The molecule has 1 fully saturated rings. The van der Waals surface area contributed by atoms with Gasteiger partial charge in [-0.05, 0) is 59.8 Å². The summed E-state index contributed by atoms with van der Waals surface area (Å²) in [5.74, 6) is 0.434. The molecule has 1 aromatic rings. The number of rotatable bonds is 2. The van der Waals surface area contributed by atoms with E-state index in [-0.39, 0.29) is 24.4 Å². The van der Waals surface area contributed by atoms with Crippen LogP contribution in [0.4, 0.5) is 0 Å². The van der Waals surface area contributed by atoms with Gasteiger partial charge in [-0.25, -0.2) is 0 Å². The van der Waals surface area contributed by atoms with Crippen molar-refractivity contribution in [1.29, 1.82) is 0 Å². The Kier molecular flexibility index (Phi) is 6.79. The third kappa shape index (κ3) is 4.10. The van der Waals surface area contributed by atoms with Gasteiger partial charge in [0.25, 0.3) is 5.91 Å². The van der Waals surface area contributed by atoms with Gasteiger partial charge in [-0.1, -0.05) is 11.6 Å². The highest BCUT2D eigenvalue weighted by atomic mass is 79.9. The van der Waals surface area contributed by atoms with E-state index in [4.69, 9.17) is 17.3 Å². The molecule has 20 heavy (non-hydrogen) atoms. The molecule has 2 N–H and O–H groups in total. The van der Waals surface area contributed by atoms with Crippen LogP contribution < -0.4 is 5.73 Å². The van der Waals surface area contributed by atoms with Crippen LogP contribution in [0.25, 0.3) is 0 Å². The molecule has 1 aromatic carbocycles. The zero-order chi connectivity index (χ0) is 14.0. The number of nitrogens with two attached hydrogens (primary N) is 1. The summed E-state index contributed by atoms with van der Waals surface area (Å²) in [4.78, 5) is 14.3. The SMILES string of the molecule is CC(N)C1CCCN(C(=O)c2ccc(Br)c(Cl)c2)C1.Cl. The van der Waals surface area contributed by atoms with E-state index in [9.17, 15) is 4.79 Å². The molecule has 1 saturated heterocycles. The molecule has 0 bridgehead atoms. The van der Waals surface area contributed by atoms with Crippen LogP contribution in [0.2, 0.25) is 5.02 Å². The Morgan fingerprint density at radius 3 is 2.85 bits per heavy atom. The molecule has 1 aliphatic heterocycles. The van der Waals surface area contributed by atoms with Crippen LogP contribution in [0.15, 0.2) is 22.7 Å². The second kappa shape index (κ2) is 7.64. The third-order valence-corrected chi connectivity index (χ3v) is 4.89. The fraction of sp³-hybridized carbons (Fsp3) is 0.500. The molecule has 3 nitrogen and oxygen atoms in total. The first kappa shape index (κ1) is 17.8. The summed E-state index contributed by atoms with van der Waals surface area (Å²) in [6.45, 7) is 3.55. The first-order valence-corrected chi connectivity index (χ1v) is 7.66. The minimum atomic E-state index is 0. The lowest BCUT2D eigenvalue weighted by molar-refractivity contribution is 0.0661. The van der Waals surface area contributed by atoms with Gasteiger partial charge >= 0.3 is 0 Å². The maximum absolute atomic E-state index is 12.4. The predicted octanol–water partition coefficient (Wildman–Crippen LogP) is 3.72. The molecule has 0 spiro atoms. The highest BCUT2D eigenvalue weighted by Crippen LogP contribution is 2.25. The van der Waals surface area contributed by atoms with Gasteiger partial charge in [0.15, 0.2) is 0 Å². The van der Waals surface area contributed by atoms with Gasteiger partial charge in [-0.3, -0.25) is 4.79 Å². The van der Waals surface area contributed by atoms with Gasteiger partial charge in [0.2, 0.25) is 0 Å². The molecule has 0 radical (unpaired) electrons. The van der Waals surface area contributed by atoms with Gasteiger partial charge in [-0.15, -0.1) is 12.4 Å². The molecule has 0 aromatic heterocycles. The first-order chi connectivity index (χ1) is 8.99. The van der Waals surface area contributed by atoms with Crippen LogP contribution >= 0.6 is 39.9 Å². The highest BCUT2D eigenvalue weighted by molar-refractivity contribution is 9.10. The molecule has 2 rings (SSSR count). The number of carbonyl (C=O) groups is 1. The Bertz CT molecular complexity index is 482. The largest absolute Gasteiger partial charge is 0.338 e. The number of amides is 1. The number of hydrogen-bond donors (Lipinski definition) is 1. The molecule has 1 heterocycles. The predicted molar refractivity (Wildman–Crippen MR) is 88.7 cm³/mol. The van der Waals surface area contributed by atoms with Gasteiger partial charge in [-0.2, -0.15) is 0 Å². The Balaban J connectivity index is 0.00000200. The average molecular weight is 382 g/mol. The van der Waals surface area contributed by atoms with Gasteiger partial charge < -0.3 is 10.6 Å². The second-order valence-electron chi connectivity index (χ2n) is 5.14. The van der Waals surface area contributed by atoms with Crippen LogP contribution in [0.1, 0.15) is 30.1 Å². The molecule has 112 valence electrons. The number of halogens is 3. The topological polar surface area (TPSA) is 46.3 Å². The zero-order valence-corrected chi connectivity index (χ0v) is 14.5. The Labute approximate surface area is 139 Å². The summed E-state index contributed by atoms with van der Waals surface area (Å²) in [5.41, 5.74) is 6.58. The maximum Gasteiger partial charge on any atom is 0.253 e. The first-order valence-electron chi connectivity index (χ1n) is 6.49. The lowest BCUT2D eigenvalue weighted by atomic mass is 9.92. The van der Waals surface area contributed by atoms with Crippen LogP contribution in [-0.2, 0) is 0 Å². The average Bonchev–Trinajstić information content (AvgIpc) is 2.41. The highest BCUT2D eigenvalue weighted by Gasteiger charge is 2.26. The number of benzene rings is 1. The molecule has 0 aliphatic carbocycles. The number of piperidine rings is 1. The van der Waals surface area contributed by atoms with Gasteiger partial charge in [0.05, 0.1) is 5.02 Å². The monoisotopic (exact) mass is 380 g/mol. The van der Waals surface area contributed by atoms with Crippen molar-refractivity contribution in [2.45, 2.75) is 25.8 Å². The molecule has 2 atom stereocenters. The molecule has 0 saturated carbocycles. The minimum Gasteiger partial charge on any atom is -0.338 e. The Hall–Kier alpha value is -0.290. The van der Waals surface area contributed by atoms with Crippen LogP contribution in [0.3, 0.4) is 0 Å². The summed E-state index contributed by atoms with van der Waals surface area (Å²) < 4.78 is 0.804. The van der Waals surface area contributed by atoms with Crippen LogP contribution in [0.5, 0.6) is 0 Å². The van der Waals surface area contributed by atoms with Crippen molar-refractivity contribution in [3.8, 4) is 0 Å². The van der Waals surface area contributed by atoms with Crippen molar-refractivity contribution < 1.29 is 4.79 Å². The zero-order valence-electron chi connectivity index (χ0n) is 11.3. The lowest BCUT2D eigenvalue weighted by Gasteiger charge is -2.34. The molecular formula is C14H19BrCl2N2O. The Morgan fingerprint density at radius 1 is 1.55 bits per heavy atom. The van der Waals surface area contributed by atoms with E-state index >= 15 is 0 Å². The quantitative estimate of drug-likeness (QED) is 0.848. The van der Waals surface area contributed by atoms with Crippen molar-refractivity contribution in [3.63, 3.8) is 0 Å². The van der Waals surface area contributed by atoms with Crippen molar-refractivity contribution in [1.82, 2.24) is 4.90 Å². The maximum atomic E-state index is 12.4. The Morgan fingerprint density at radius 2 is 2.25 bits per heavy atom. The normalized spacial score (nSPS) is 20.2. The summed E-state index contributed by atoms with van der Waals surface area (Å²) in [5, 5.41) is 0.562.